The first kappa shape index (κ1) is 10.6. The molecule has 0 aliphatic heterocycles. The van der Waals surface area contributed by atoms with E-state index >= 15 is 0 Å². The fourth-order valence-electron chi connectivity index (χ4n) is 1.85. The van der Waals surface area contributed by atoms with Crippen molar-refractivity contribution in [3.63, 3.8) is 0 Å². The molecule has 2 heterocycles. The van der Waals surface area contributed by atoms with Gasteiger partial charge in [0.15, 0.2) is 0 Å². The van der Waals surface area contributed by atoms with Gasteiger partial charge < -0.3 is 0 Å². The molecule has 0 fully saturated rings. The second-order valence-electron chi connectivity index (χ2n) is 3.91. The molecule has 0 saturated heterocycles. The molecule has 0 aliphatic rings. The van der Waals surface area contributed by atoms with Crippen LogP contribution in [0.1, 0.15) is 0 Å². The molecule has 3 rings (SSSR count). The topological polar surface area (TPSA) is 38.7 Å². The smallest absolute Gasteiger partial charge is 0.0885 e. The predicted octanol–water partition coefficient (Wildman–Crippen LogP) is 3.21. The minimum Gasteiger partial charge on any atom is -0.265 e. The van der Waals surface area contributed by atoms with Crippen LogP contribution < -0.4 is 0 Å². The van der Waals surface area contributed by atoms with Crippen molar-refractivity contribution in [1.82, 2.24) is 15.0 Å². The molecule has 0 bridgehead atoms. The van der Waals surface area contributed by atoms with Crippen molar-refractivity contribution in [2.45, 2.75) is 0 Å². The summed E-state index contributed by atoms with van der Waals surface area (Å²) in [7, 11) is 0. The van der Waals surface area contributed by atoms with E-state index < -0.39 is 0 Å². The lowest BCUT2D eigenvalue weighted by atomic mass is 10.0. The van der Waals surface area contributed by atoms with Gasteiger partial charge in [-0.1, -0.05) is 18.2 Å². The quantitative estimate of drug-likeness (QED) is 0.682. The first-order chi connectivity index (χ1) is 8.93. The Morgan fingerprint density at radius 2 is 1.50 bits per heavy atom. The number of pyridine rings is 1. The third-order valence-corrected chi connectivity index (χ3v) is 2.74. The largest absolute Gasteiger partial charge is 0.265 e. The molecule has 86 valence electrons. The Labute approximate surface area is 105 Å². The average molecular weight is 233 g/mol. The van der Waals surface area contributed by atoms with Crippen LogP contribution in [0.15, 0.2) is 67.4 Å². The van der Waals surface area contributed by atoms with Crippen molar-refractivity contribution < 1.29 is 0 Å². The molecule has 0 N–H and O–H groups in total. The lowest BCUT2D eigenvalue weighted by molar-refractivity contribution is 1.21. The summed E-state index contributed by atoms with van der Waals surface area (Å²) in [5, 5.41) is 0. The Morgan fingerprint density at radius 1 is 0.667 bits per heavy atom. The number of aromatic nitrogens is 3. The van der Waals surface area contributed by atoms with E-state index in [0.29, 0.717) is 0 Å². The molecule has 18 heavy (non-hydrogen) atoms. The van der Waals surface area contributed by atoms with E-state index in [0.717, 1.165) is 22.4 Å². The first-order valence-electron chi connectivity index (χ1n) is 5.70. The third kappa shape index (κ3) is 2.11. The molecule has 1 aromatic carbocycles. The second-order valence-corrected chi connectivity index (χ2v) is 3.91. The van der Waals surface area contributed by atoms with Gasteiger partial charge >= 0.3 is 0 Å². The normalized spacial score (nSPS) is 10.2. The summed E-state index contributed by atoms with van der Waals surface area (Å²) in [5.74, 6) is 0. The van der Waals surface area contributed by atoms with Gasteiger partial charge in [-0.15, -0.1) is 0 Å². The lowest BCUT2D eigenvalue weighted by Gasteiger charge is -2.04. The molecular weight excluding hydrogens is 222 g/mol. The predicted molar refractivity (Wildman–Crippen MR) is 70.7 cm³/mol. The summed E-state index contributed by atoms with van der Waals surface area (Å²) >= 11 is 0. The van der Waals surface area contributed by atoms with E-state index in [1.54, 1.807) is 31.0 Å². The molecular formula is C15H11N3. The van der Waals surface area contributed by atoms with Gasteiger partial charge in [-0.25, -0.2) is 0 Å². The van der Waals surface area contributed by atoms with Gasteiger partial charge in [0.2, 0.25) is 0 Å². The monoisotopic (exact) mass is 233 g/mol. The molecule has 3 heteroatoms. The number of hydrogen-bond acceptors (Lipinski definition) is 3. The van der Waals surface area contributed by atoms with Gasteiger partial charge in [0.25, 0.3) is 0 Å². The zero-order valence-corrected chi connectivity index (χ0v) is 9.69. The van der Waals surface area contributed by atoms with E-state index in [9.17, 15) is 0 Å². The van der Waals surface area contributed by atoms with Crippen molar-refractivity contribution in [2.24, 2.45) is 0 Å². The molecule has 0 amide bonds. The maximum Gasteiger partial charge on any atom is 0.0885 e. The van der Waals surface area contributed by atoms with Crippen LogP contribution in [0.5, 0.6) is 0 Å². The Balaban J connectivity index is 2.05. The molecule has 0 aliphatic carbocycles. The fraction of sp³-hybridized carbons (Fsp3) is 0. The third-order valence-electron chi connectivity index (χ3n) is 2.74. The summed E-state index contributed by atoms with van der Waals surface area (Å²) in [5.41, 5.74) is 4.25. The summed E-state index contributed by atoms with van der Waals surface area (Å²) < 4.78 is 0. The zero-order chi connectivity index (χ0) is 12.2. The summed E-state index contributed by atoms with van der Waals surface area (Å²) in [4.78, 5) is 12.4. The fourth-order valence-corrected chi connectivity index (χ4v) is 1.85. The van der Waals surface area contributed by atoms with Crippen LogP contribution in [0.4, 0.5) is 0 Å². The van der Waals surface area contributed by atoms with Crippen molar-refractivity contribution in [1.29, 1.82) is 0 Å². The molecule has 3 nitrogen and oxygen atoms in total. The molecule has 0 saturated carbocycles. The van der Waals surface area contributed by atoms with E-state index in [4.69, 9.17) is 0 Å². The number of rotatable bonds is 2. The van der Waals surface area contributed by atoms with Crippen molar-refractivity contribution in [2.75, 3.05) is 0 Å². The minimum absolute atomic E-state index is 0.883. The van der Waals surface area contributed by atoms with Crippen LogP contribution in [-0.4, -0.2) is 15.0 Å². The van der Waals surface area contributed by atoms with Crippen LogP contribution in [0.3, 0.4) is 0 Å². The summed E-state index contributed by atoms with van der Waals surface area (Å²) in [6.45, 7) is 0. The van der Waals surface area contributed by atoms with E-state index in [2.05, 4.69) is 27.1 Å². The van der Waals surface area contributed by atoms with Gasteiger partial charge in [-0.3, -0.25) is 15.0 Å². The SMILES string of the molecule is c1cc(-c2ccncc2)cc(-c2cnccn2)c1. The summed E-state index contributed by atoms with van der Waals surface area (Å²) in [6, 6.07) is 12.2. The zero-order valence-electron chi connectivity index (χ0n) is 9.69. The average Bonchev–Trinajstić information content (AvgIpc) is 2.49. The van der Waals surface area contributed by atoms with Crippen molar-refractivity contribution >= 4 is 0 Å². The first-order valence-corrected chi connectivity index (χ1v) is 5.70. The molecule has 0 unspecified atom stereocenters. The highest BCUT2D eigenvalue weighted by atomic mass is 14.8. The highest BCUT2D eigenvalue weighted by Crippen LogP contribution is 2.24. The van der Waals surface area contributed by atoms with E-state index in [1.807, 2.05) is 24.3 Å². The Morgan fingerprint density at radius 3 is 2.28 bits per heavy atom. The van der Waals surface area contributed by atoms with Crippen LogP contribution in [0.2, 0.25) is 0 Å². The summed E-state index contributed by atoms with van der Waals surface area (Å²) in [6.07, 6.45) is 8.74. The molecule has 0 radical (unpaired) electrons. The Bertz CT molecular complexity index is 581. The van der Waals surface area contributed by atoms with Crippen LogP contribution in [0, 0.1) is 0 Å². The van der Waals surface area contributed by atoms with Crippen LogP contribution in [-0.2, 0) is 0 Å². The molecule has 0 spiro atoms. The Hall–Kier alpha value is -2.55. The van der Waals surface area contributed by atoms with Gasteiger partial charge in [0, 0.05) is 30.4 Å². The van der Waals surface area contributed by atoms with E-state index in [1.165, 1.54) is 0 Å². The van der Waals surface area contributed by atoms with Gasteiger partial charge in [-0.05, 0) is 29.3 Å². The van der Waals surface area contributed by atoms with Crippen LogP contribution >= 0.6 is 0 Å². The van der Waals surface area contributed by atoms with Gasteiger partial charge in [-0.2, -0.15) is 0 Å². The molecule has 2 aromatic heterocycles. The Kier molecular flexibility index (Phi) is 2.80. The number of hydrogen-bond donors (Lipinski definition) is 0. The van der Waals surface area contributed by atoms with Gasteiger partial charge in [0.05, 0.1) is 11.9 Å². The number of benzene rings is 1. The standard InChI is InChI=1S/C15H11N3/c1-2-13(12-4-6-16-7-5-12)10-14(3-1)15-11-17-8-9-18-15/h1-11H. The van der Waals surface area contributed by atoms with Crippen molar-refractivity contribution in [3.8, 4) is 22.4 Å². The van der Waals surface area contributed by atoms with Gasteiger partial charge in [0.1, 0.15) is 0 Å². The molecule has 3 aromatic rings. The van der Waals surface area contributed by atoms with Crippen LogP contribution in [0.25, 0.3) is 22.4 Å². The minimum atomic E-state index is 0.883. The highest BCUT2D eigenvalue weighted by Gasteiger charge is 2.01. The number of nitrogens with zero attached hydrogens (tertiary/aromatic N) is 3. The van der Waals surface area contributed by atoms with Crippen molar-refractivity contribution in [3.05, 3.63) is 67.4 Å². The molecule has 0 atom stereocenters. The maximum absolute atomic E-state index is 4.31. The second kappa shape index (κ2) is 4.75. The van der Waals surface area contributed by atoms with E-state index in [-0.39, 0.29) is 0 Å². The maximum atomic E-state index is 4.31. The lowest BCUT2D eigenvalue weighted by Crippen LogP contribution is -1.85. The highest BCUT2D eigenvalue weighted by molar-refractivity contribution is 5.70.